The van der Waals surface area contributed by atoms with E-state index in [1.165, 1.54) is 25.8 Å². The van der Waals surface area contributed by atoms with Crippen molar-refractivity contribution in [1.29, 1.82) is 0 Å². The topological polar surface area (TPSA) is 117 Å². The maximum atomic E-state index is 12.5. The van der Waals surface area contributed by atoms with Crippen LogP contribution >= 0.6 is 11.8 Å². The number of methoxy groups -OCH3 is 2. The Hall–Kier alpha value is -3.73. The minimum absolute atomic E-state index is 0.124. The Morgan fingerprint density at radius 2 is 1.82 bits per heavy atom. The van der Waals surface area contributed by atoms with Crippen molar-refractivity contribution in [2.24, 2.45) is 7.05 Å². The average Bonchev–Trinajstić information content (AvgIpc) is 3.18. The lowest BCUT2D eigenvalue weighted by Gasteiger charge is -2.15. The molecule has 2 N–H and O–H groups in total. The minimum atomic E-state index is -0.362. The zero-order chi connectivity index (χ0) is 24.7. The lowest BCUT2D eigenvalue weighted by atomic mass is 10.2. The van der Waals surface area contributed by atoms with Crippen LogP contribution in [0, 0.1) is 0 Å². The summed E-state index contributed by atoms with van der Waals surface area (Å²) in [6, 6.07) is 12.3. The lowest BCUT2D eigenvalue weighted by molar-refractivity contribution is -0.114. The predicted octanol–water partition coefficient (Wildman–Crippen LogP) is 3.66. The third kappa shape index (κ3) is 6.41. The summed E-state index contributed by atoms with van der Waals surface area (Å²) in [4.78, 5) is 23.9. The maximum absolute atomic E-state index is 12.5. The van der Waals surface area contributed by atoms with Crippen LogP contribution in [0.3, 0.4) is 0 Å². The zero-order valence-electron chi connectivity index (χ0n) is 19.6. The highest BCUT2D eigenvalue weighted by atomic mass is 32.2. The molecule has 2 aromatic carbocycles. The maximum Gasteiger partial charge on any atom is 0.234 e. The molecule has 0 fully saturated rings. The number of nitrogens with zero attached hydrogens (tertiary/aromatic N) is 3. The van der Waals surface area contributed by atoms with Crippen LogP contribution in [-0.4, -0.2) is 46.6 Å². The predicted molar refractivity (Wildman–Crippen MR) is 130 cm³/mol. The molecule has 1 atom stereocenters. The van der Waals surface area contributed by atoms with Gasteiger partial charge in [-0.3, -0.25) is 9.59 Å². The smallest absolute Gasteiger partial charge is 0.234 e. The summed E-state index contributed by atoms with van der Waals surface area (Å²) in [6.45, 7) is 3.28. The fraction of sp³-hybridized carbons (Fsp3) is 0.304. The van der Waals surface area contributed by atoms with E-state index in [9.17, 15) is 9.59 Å². The molecular weight excluding hydrogens is 458 g/mol. The van der Waals surface area contributed by atoms with Gasteiger partial charge in [-0.05, 0) is 37.3 Å². The van der Waals surface area contributed by atoms with Crippen LogP contribution in [0.1, 0.15) is 25.8 Å². The minimum Gasteiger partial charge on any atom is -0.497 e. The van der Waals surface area contributed by atoms with Crippen LogP contribution in [-0.2, 0) is 16.6 Å². The third-order valence-corrected chi connectivity index (χ3v) is 5.73. The Morgan fingerprint density at radius 1 is 1.06 bits per heavy atom. The van der Waals surface area contributed by atoms with E-state index < -0.39 is 0 Å². The molecule has 0 bridgehead atoms. The fourth-order valence-corrected chi connectivity index (χ4v) is 3.86. The van der Waals surface area contributed by atoms with E-state index in [0.717, 1.165) is 0 Å². The van der Waals surface area contributed by atoms with Crippen molar-refractivity contribution in [1.82, 2.24) is 14.8 Å². The van der Waals surface area contributed by atoms with Crippen molar-refractivity contribution in [3.8, 4) is 17.2 Å². The van der Waals surface area contributed by atoms with Crippen LogP contribution in [0.25, 0.3) is 0 Å². The number of aromatic nitrogens is 3. The highest BCUT2D eigenvalue weighted by Crippen LogP contribution is 2.29. The van der Waals surface area contributed by atoms with Crippen molar-refractivity contribution in [2.75, 3.05) is 30.6 Å². The first kappa shape index (κ1) is 24.9. The molecule has 10 nitrogen and oxygen atoms in total. The Kier molecular flexibility index (Phi) is 8.36. The number of amides is 2. The molecule has 0 aliphatic carbocycles. The molecule has 0 saturated carbocycles. The number of hydrogen-bond acceptors (Lipinski definition) is 8. The Morgan fingerprint density at radius 3 is 2.53 bits per heavy atom. The van der Waals surface area contributed by atoms with Gasteiger partial charge in [-0.1, -0.05) is 17.8 Å². The van der Waals surface area contributed by atoms with E-state index in [-0.39, 0.29) is 23.7 Å². The molecule has 0 aliphatic heterocycles. The summed E-state index contributed by atoms with van der Waals surface area (Å²) in [6.07, 6.45) is -0.362. The fourth-order valence-electron chi connectivity index (χ4n) is 3.14. The van der Waals surface area contributed by atoms with Crippen LogP contribution in [0.5, 0.6) is 17.2 Å². The standard InChI is InChI=1S/C23H27N5O5S/c1-14(33-18-8-6-7-17(12-18)31-4)22-26-27-23(28(22)3)34-13-21(30)25-16-9-10-20(32-5)19(11-16)24-15(2)29/h6-12,14H,13H2,1-5H3,(H,24,29)(H,25,30). The van der Waals surface area contributed by atoms with Gasteiger partial charge in [-0.15, -0.1) is 10.2 Å². The SMILES string of the molecule is COc1cccc(OC(C)c2nnc(SCC(=O)Nc3ccc(OC)c(NC(C)=O)c3)n2C)c1. The van der Waals surface area contributed by atoms with Crippen molar-refractivity contribution in [3.63, 3.8) is 0 Å². The largest absolute Gasteiger partial charge is 0.497 e. The number of thioether (sulfide) groups is 1. The number of ether oxygens (including phenoxy) is 3. The molecule has 3 aromatic rings. The van der Waals surface area contributed by atoms with E-state index in [2.05, 4.69) is 20.8 Å². The van der Waals surface area contributed by atoms with Crippen LogP contribution in [0.2, 0.25) is 0 Å². The summed E-state index contributed by atoms with van der Waals surface area (Å²) in [5.41, 5.74) is 1.01. The second-order valence-corrected chi connectivity index (χ2v) is 8.21. The Bertz CT molecular complexity index is 1170. The van der Waals surface area contributed by atoms with E-state index in [0.29, 0.717) is 39.6 Å². The van der Waals surface area contributed by atoms with Gasteiger partial charge < -0.3 is 29.4 Å². The summed E-state index contributed by atoms with van der Waals surface area (Å²) < 4.78 is 18.2. The zero-order valence-corrected chi connectivity index (χ0v) is 20.4. The van der Waals surface area contributed by atoms with Crippen LogP contribution in [0.15, 0.2) is 47.6 Å². The highest BCUT2D eigenvalue weighted by Gasteiger charge is 2.18. The number of hydrogen-bond donors (Lipinski definition) is 2. The number of benzene rings is 2. The third-order valence-electron chi connectivity index (χ3n) is 4.71. The van der Waals surface area contributed by atoms with Gasteiger partial charge >= 0.3 is 0 Å². The molecule has 2 amide bonds. The van der Waals surface area contributed by atoms with E-state index in [1.54, 1.807) is 35.9 Å². The second kappa shape index (κ2) is 11.4. The first-order valence-electron chi connectivity index (χ1n) is 10.4. The Balaban J connectivity index is 1.60. The van der Waals surface area contributed by atoms with Crippen LogP contribution in [0.4, 0.5) is 11.4 Å². The van der Waals surface area contributed by atoms with Gasteiger partial charge in [0.05, 0.1) is 25.7 Å². The molecule has 0 spiro atoms. The molecular formula is C23H27N5O5S. The van der Waals surface area contributed by atoms with Crippen molar-refractivity contribution in [2.45, 2.75) is 25.1 Å². The number of carbonyl (C=O) groups excluding carboxylic acids is 2. The lowest BCUT2D eigenvalue weighted by Crippen LogP contribution is -2.15. The monoisotopic (exact) mass is 485 g/mol. The van der Waals surface area contributed by atoms with Gasteiger partial charge in [0.25, 0.3) is 0 Å². The highest BCUT2D eigenvalue weighted by molar-refractivity contribution is 7.99. The summed E-state index contributed by atoms with van der Waals surface area (Å²) in [5.74, 6) is 2.14. The number of carbonyl (C=O) groups is 2. The average molecular weight is 486 g/mol. The molecule has 180 valence electrons. The summed E-state index contributed by atoms with van der Waals surface area (Å²) in [7, 11) is 4.93. The summed E-state index contributed by atoms with van der Waals surface area (Å²) in [5, 5.41) is 14.5. The molecule has 34 heavy (non-hydrogen) atoms. The van der Waals surface area contributed by atoms with Crippen molar-refractivity contribution in [3.05, 3.63) is 48.3 Å². The van der Waals surface area contributed by atoms with Gasteiger partial charge in [0.15, 0.2) is 17.1 Å². The second-order valence-electron chi connectivity index (χ2n) is 7.27. The molecule has 0 radical (unpaired) electrons. The van der Waals surface area contributed by atoms with Crippen molar-refractivity contribution >= 4 is 35.0 Å². The molecule has 1 unspecified atom stereocenters. The van der Waals surface area contributed by atoms with Gasteiger partial charge in [0.1, 0.15) is 17.2 Å². The number of nitrogens with one attached hydrogen (secondary N) is 2. The Labute approximate surface area is 202 Å². The van der Waals surface area contributed by atoms with Crippen LogP contribution < -0.4 is 24.8 Å². The van der Waals surface area contributed by atoms with E-state index in [1.807, 2.05) is 32.2 Å². The van der Waals surface area contributed by atoms with E-state index >= 15 is 0 Å². The quantitative estimate of drug-likeness (QED) is 0.418. The van der Waals surface area contributed by atoms with E-state index in [4.69, 9.17) is 14.2 Å². The van der Waals surface area contributed by atoms with Crippen molar-refractivity contribution < 1.29 is 23.8 Å². The van der Waals surface area contributed by atoms with Gasteiger partial charge in [0.2, 0.25) is 11.8 Å². The first-order chi connectivity index (χ1) is 16.3. The molecule has 11 heteroatoms. The molecule has 1 aromatic heterocycles. The molecule has 1 heterocycles. The normalized spacial score (nSPS) is 11.4. The number of rotatable bonds is 10. The van der Waals surface area contributed by atoms with Gasteiger partial charge in [0, 0.05) is 25.7 Å². The molecule has 3 rings (SSSR count). The molecule has 0 saturated heterocycles. The molecule has 0 aliphatic rings. The first-order valence-corrected chi connectivity index (χ1v) is 11.4. The van der Waals surface area contributed by atoms with Gasteiger partial charge in [-0.25, -0.2) is 0 Å². The summed E-state index contributed by atoms with van der Waals surface area (Å²) >= 11 is 1.25. The van der Waals surface area contributed by atoms with Gasteiger partial charge in [-0.2, -0.15) is 0 Å². The number of anilines is 2.